The summed E-state index contributed by atoms with van der Waals surface area (Å²) in [6, 6.07) is 15.9. The number of hydrogen-bond donors (Lipinski definition) is 4. The van der Waals surface area contributed by atoms with Gasteiger partial charge in [-0.1, -0.05) is 18.2 Å². The highest BCUT2D eigenvalue weighted by atomic mass is 16.5. The lowest BCUT2D eigenvalue weighted by Crippen LogP contribution is -2.33. The lowest BCUT2D eigenvalue weighted by molar-refractivity contribution is 0.0642. The molecule has 5 N–H and O–H groups in total. The molecule has 0 spiro atoms. The molecule has 2 aliphatic rings. The van der Waals surface area contributed by atoms with Crippen LogP contribution in [0.15, 0.2) is 73.2 Å². The first kappa shape index (κ1) is 32.5. The van der Waals surface area contributed by atoms with Gasteiger partial charge in [-0.2, -0.15) is 0 Å². The van der Waals surface area contributed by atoms with Crippen molar-refractivity contribution in [3.8, 4) is 0 Å². The Labute approximate surface area is 267 Å². The van der Waals surface area contributed by atoms with Gasteiger partial charge >= 0.3 is 0 Å². The Hall–Kier alpha value is -4.94. The summed E-state index contributed by atoms with van der Waals surface area (Å²) in [4.78, 5) is 49.8. The quantitative estimate of drug-likeness (QED) is 0.227. The number of rotatable bonds is 8. The maximum absolute atomic E-state index is 12.9. The Morgan fingerprint density at radius 2 is 1.26 bits per heavy atom. The largest absolute Gasteiger partial charge is 0.397 e. The summed E-state index contributed by atoms with van der Waals surface area (Å²) in [6.07, 6.45) is 8.57. The van der Waals surface area contributed by atoms with Gasteiger partial charge < -0.3 is 31.2 Å². The van der Waals surface area contributed by atoms with Crippen LogP contribution in [-0.4, -0.2) is 72.2 Å². The van der Waals surface area contributed by atoms with E-state index in [0.717, 1.165) is 63.0 Å². The number of carbonyl (C=O) groups excluding carboxylic acids is 3. The van der Waals surface area contributed by atoms with Crippen LogP contribution in [0.5, 0.6) is 0 Å². The number of nitrogens with zero attached hydrogens (tertiary/aromatic N) is 3. The molecule has 0 aliphatic carbocycles. The first-order valence-electron chi connectivity index (χ1n) is 15.5. The Balaban J connectivity index is 0.000000209. The zero-order chi connectivity index (χ0) is 32.1. The van der Waals surface area contributed by atoms with Gasteiger partial charge in [-0.05, 0) is 73.9 Å². The van der Waals surface area contributed by atoms with E-state index in [1.807, 2.05) is 24.3 Å². The van der Waals surface area contributed by atoms with Crippen LogP contribution in [0.2, 0.25) is 0 Å². The minimum absolute atomic E-state index is 0.199. The second-order valence-electron chi connectivity index (χ2n) is 11.2. The van der Waals surface area contributed by atoms with Crippen molar-refractivity contribution in [2.45, 2.75) is 25.7 Å². The van der Waals surface area contributed by atoms with E-state index in [2.05, 4.69) is 30.9 Å². The molecule has 0 radical (unpaired) electrons. The van der Waals surface area contributed by atoms with Crippen molar-refractivity contribution < 1.29 is 23.9 Å². The molecular weight excluding hydrogens is 586 g/mol. The van der Waals surface area contributed by atoms with Crippen molar-refractivity contribution in [2.75, 3.05) is 50.6 Å². The number of nitrogen functional groups attached to an aromatic ring is 1. The lowest BCUT2D eigenvalue weighted by Gasteiger charge is -2.22. The predicted octanol–water partition coefficient (Wildman–Crippen LogP) is 3.86. The molecule has 4 aromatic rings. The number of pyridine rings is 3. The zero-order valence-electron chi connectivity index (χ0n) is 25.6. The average Bonchev–Trinajstić information content (AvgIpc) is 3.11. The van der Waals surface area contributed by atoms with Crippen LogP contribution in [-0.2, 0) is 9.47 Å². The minimum Gasteiger partial charge on any atom is -0.397 e. The van der Waals surface area contributed by atoms with Crippen LogP contribution < -0.4 is 21.7 Å². The Morgan fingerprint density at radius 3 is 1.91 bits per heavy atom. The number of carbonyl (C=O) groups is 3. The Kier molecular flexibility index (Phi) is 11.6. The Bertz CT molecular complexity index is 1630. The molecule has 3 amide bonds. The van der Waals surface area contributed by atoms with Gasteiger partial charge in [0.25, 0.3) is 17.7 Å². The molecule has 2 saturated heterocycles. The summed E-state index contributed by atoms with van der Waals surface area (Å²) < 4.78 is 10.6. The summed E-state index contributed by atoms with van der Waals surface area (Å²) in [5, 5.41) is 9.39. The van der Waals surface area contributed by atoms with E-state index >= 15 is 0 Å². The molecule has 2 fully saturated rings. The maximum atomic E-state index is 12.9. The van der Waals surface area contributed by atoms with Crippen molar-refractivity contribution >= 4 is 40.0 Å². The van der Waals surface area contributed by atoms with Crippen molar-refractivity contribution in [3.05, 3.63) is 90.1 Å². The molecule has 46 heavy (non-hydrogen) atoms. The van der Waals surface area contributed by atoms with Crippen LogP contribution in [0.25, 0.3) is 10.9 Å². The third kappa shape index (κ3) is 8.83. The molecular formula is C34H39N7O5. The van der Waals surface area contributed by atoms with Gasteiger partial charge in [-0.15, -0.1) is 0 Å². The molecule has 0 atom stereocenters. The first-order valence-corrected chi connectivity index (χ1v) is 15.5. The summed E-state index contributed by atoms with van der Waals surface area (Å²) in [6.45, 7) is 4.26. The molecule has 6 rings (SSSR count). The van der Waals surface area contributed by atoms with Gasteiger partial charge in [-0.25, -0.2) is 9.97 Å². The van der Waals surface area contributed by atoms with Crippen LogP contribution in [0.1, 0.15) is 57.0 Å². The van der Waals surface area contributed by atoms with Crippen LogP contribution >= 0.6 is 0 Å². The highest BCUT2D eigenvalue weighted by Crippen LogP contribution is 2.20. The first-order chi connectivity index (χ1) is 22.5. The molecule has 1 aromatic carbocycles. The van der Waals surface area contributed by atoms with Crippen molar-refractivity contribution in [2.24, 2.45) is 11.8 Å². The fraction of sp³-hybridized carbons (Fsp3) is 0.353. The smallest absolute Gasteiger partial charge is 0.272 e. The second kappa shape index (κ2) is 16.4. The number of fused-ring (bicyclic) bond motifs is 1. The van der Waals surface area contributed by atoms with E-state index in [1.165, 1.54) is 0 Å². The van der Waals surface area contributed by atoms with Gasteiger partial charge in [0.1, 0.15) is 0 Å². The van der Waals surface area contributed by atoms with Gasteiger partial charge in [-0.3, -0.25) is 19.4 Å². The topological polar surface area (TPSA) is 170 Å². The molecule has 12 nitrogen and oxygen atoms in total. The predicted molar refractivity (Wildman–Crippen MR) is 174 cm³/mol. The summed E-state index contributed by atoms with van der Waals surface area (Å²) in [5.41, 5.74) is 8.21. The highest BCUT2D eigenvalue weighted by Gasteiger charge is 2.20. The number of hydrogen-bond acceptors (Lipinski definition) is 9. The van der Waals surface area contributed by atoms with Crippen LogP contribution in [0.4, 0.5) is 11.4 Å². The second-order valence-corrected chi connectivity index (χ2v) is 11.2. The maximum Gasteiger partial charge on any atom is 0.272 e. The summed E-state index contributed by atoms with van der Waals surface area (Å²) in [7, 11) is 0. The number of nitrogens with two attached hydrogens (primary N) is 1. The number of para-hydroxylation sites is 1. The van der Waals surface area contributed by atoms with E-state index in [9.17, 15) is 14.4 Å². The molecule has 3 aromatic heterocycles. The molecule has 0 unspecified atom stereocenters. The Morgan fingerprint density at radius 1 is 0.674 bits per heavy atom. The SMILES string of the molecule is Nc1cccnc1C(=O)NCC1CCOCC1.O=C(NCC1CCOCC1)c1ncccc1NC(=O)c1ccnc2ccccc12. The molecule has 5 heterocycles. The van der Waals surface area contributed by atoms with Gasteiger partial charge in [0, 0.05) is 63.5 Å². The zero-order valence-corrected chi connectivity index (χ0v) is 25.6. The third-order valence-electron chi connectivity index (χ3n) is 8.00. The monoisotopic (exact) mass is 625 g/mol. The number of aromatic nitrogens is 3. The fourth-order valence-electron chi connectivity index (χ4n) is 5.32. The van der Waals surface area contributed by atoms with Crippen molar-refractivity contribution in [1.29, 1.82) is 0 Å². The van der Waals surface area contributed by atoms with Gasteiger partial charge in [0.2, 0.25) is 0 Å². The van der Waals surface area contributed by atoms with E-state index < -0.39 is 0 Å². The summed E-state index contributed by atoms with van der Waals surface area (Å²) >= 11 is 0. The number of ether oxygens (including phenoxy) is 2. The standard InChI is InChI=1S/C22H22N4O3.C12H17N3O2/c27-21(17-7-11-23-18-5-2-1-4-16(17)18)26-19-6-3-10-24-20(19)22(28)25-14-15-8-12-29-13-9-15;13-10-2-1-5-14-11(10)12(16)15-8-9-3-6-17-7-4-9/h1-7,10-11,15H,8-9,12-14H2,(H,25,28)(H,26,27);1-2,5,9H,3-4,6-8,13H2,(H,15,16). The highest BCUT2D eigenvalue weighted by molar-refractivity contribution is 6.14. The number of nitrogens with one attached hydrogen (secondary N) is 3. The molecule has 2 aliphatic heterocycles. The van der Waals surface area contributed by atoms with Crippen molar-refractivity contribution in [3.63, 3.8) is 0 Å². The fourth-order valence-corrected chi connectivity index (χ4v) is 5.32. The van der Waals surface area contributed by atoms with E-state index in [0.29, 0.717) is 47.6 Å². The minimum atomic E-state index is -0.310. The number of benzene rings is 1. The summed E-state index contributed by atoms with van der Waals surface area (Å²) in [5.74, 6) is 0.0897. The lowest BCUT2D eigenvalue weighted by atomic mass is 10.0. The molecule has 0 saturated carbocycles. The average molecular weight is 626 g/mol. The van der Waals surface area contributed by atoms with Crippen molar-refractivity contribution in [1.82, 2.24) is 25.6 Å². The van der Waals surface area contributed by atoms with E-state index in [1.54, 1.807) is 48.9 Å². The normalized spacial score (nSPS) is 15.3. The number of amides is 3. The van der Waals surface area contributed by atoms with Crippen LogP contribution in [0.3, 0.4) is 0 Å². The number of anilines is 2. The van der Waals surface area contributed by atoms with Gasteiger partial charge in [0.05, 0.1) is 22.5 Å². The van der Waals surface area contributed by atoms with Gasteiger partial charge in [0.15, 0.2) is 11.4 Å². The molecule has 240 valence electrons. The van der Waals surface area contributed by atoms with E-state index in [-0.39, 0.29) is 23.4 Å². The van der Waals surface area contributed by atoms with Crippen LogP contribution in [0, 0.1) is 11.8 Å². The molecule has 12 heteroatoms. The molecule has 0 bridgehead atoms. The van der Waals surface area contributed by atoms with E-state index in [4.69, 9.17) is 15.2 Å². The third-order valence-corrected chi connectivity index (χ3v) is 8.00.